The molecule has 19 heavy (non-hydrogen) atoms. The van der Waals surface area contributed by atoms with E-state index in [1.807, 2.05) is 0 Å². The van der Waals surface area contributed by atoms with E-state index in [1.165, 1.54) is 17.3 Å². The maximum atomic E-state index is 12.4. The topological polar surface area (TPSA) is 69.9 Å². The molecule has 0 radical (unpaired) electrons. The quantitative estimate of drug-likeness (QED) is 0.833. The average molecular weight is 279 g/mol. The van der Waals surface area contributed by atoms with Gasteiger partial charge >= 0.3 is 0 Å². The largest absolute Gasteiger partial charge is 0.322 e. The molecule has 0 aromatic carbocycles. The summed E-state index contributed by atoms with van der Waals surface area (Å²) < 4.78 is 0. The zero-order valence-electron chi connectivity index (χ0n) is 10.8. The molecule has 1 aromatic heterocycles. The van der Waals surface area contributed by atoms with E-state index in [-0.39, 0.29) is 16.8 Å². The van der Waals surface area contributed by atoms with Gasteiger partial charge in [-0.05, 0) is 12.8 Å². The predicted octanol–water partition coefficient (Wildman–Crippen LogP) is 2.43. The fraction of sp³-hybridized carbons (Fsp3) is 0.538. The number of amides is 1. The minimum Gasteiger partial charge on any atom is -0.322 e. The number of hydrogen-bond donors (Lipinski definition) is 0. The van der Waals surface area contributed by atoms with Crippen LogP contribution in [0.2, 0.25) is 5.15 Å². The van der Waals surface area contributed by atoms with E-state index < -0.39 is 5.54 Å². The lowest BCUT2D eigenvalue weighted by Crippen LogP contribution is -2.50. The molecule has 1 heterocycles. The maximum Gasteiger partial charge on any atom is 0.275 e. The third kappa shape index (κ3) is 2.69. The second-order valence-electron chi connectivity index (χ2n) is 4.80. The molecule has 1 fully saturated rings. The highest BCUT2D eigenvalue weighted by Crippen LogP contribution is 2.33. The summed E-state index contributed by atoms with van der Waals surface area (Å²) in [5, 5.41) is 9.63. The van der Waals surface area contributed by atoms with E-state index in [9.17, 15) is 10.1 Å². The van der Waals surface area contributed by atoms with Gasteiger partial charge in [-0.3, -0.25) is 9.78 Å². The van der Waals surface area contributed by atoms with Crippen molar-refractivity contribution in [2.45, 2.75) is 37.6 Å². The zero-order chi connectivity index (χ0) is 13.9. The summed E-state index contributed by atoms with van der Waals surface area (Å²) >= 11 is 5.74. The van der Waals surface area contributed by atoms with Crippen molar-refractivity contribution in [1.82, 2.24) is 14.9 Å². The molecule has 100 valence electrons. The number of carbonyl (C=O) groups is 1. The molecule has 0 saturated heterocycles. The fourth-order valence-electron chi connectivity index (χ4n) is 2.47. The van der Waals surface area contributed by atoms with Gasteiger partial charge in [0, 0.05) is 7.05 Å². The molecule has 0 unspecified atom stereocenters. The van der Waals surface area contributed by atoms with Crippen LogP contribution in [0.25, 0.3) is 0 Å². The van der Waals surface area contributed by atoms with E-state index in [0.717, 1.165) is 19.3 Å². The van der Waals surface area contributed by atoms with Crippen LogP contribution in [-0.2, 0) is 0 Å². The van der Waals surface area contributed by atoms with Gasteiger partial charge < -0.3 is 4.90 Å². The van der Waals surface area contributed by atoms with Crippen molar-refractivity contribution in [2.24, 2.45) is 0 Å². The van der Waals surface area contributed by atoms with Gasteiger partial charge in [-0.2, -0.15) is 5.26 Å². The highest BCUT2D eigenvalue weighted by atomic mass is 35.5. The van der Waals surface area contributed by atoms with Crippen LogP contribution < -0.4 is 0 Å². The lowest BCUT2D eigenvalue weighted by molar-refractivity contribution is 0.0582. The monoisotopic (exact) mass is 278 g/mol. The Hall–Kier alpha value is -1.67. The van der Waals surface area contributed by atoms with Crippen LogP contribution in [0.15, 0.2) is 12.4 Å². The Balaban J connectivity index is 2.25. The van der Waals surface area contributed by atoms with Gasteiger partial charge in [0.15, 0.2) is 0 Å². The average Bonchev–Trinajstić information content (AvgIpc) is 2.46. The molecule has 2 rings (SSSR count). The Kier molecular flexibility index (Phi) is 4.01. The summed E-state index contributed by atoms with van der Waals surface area (Å²) in [5.41, 5.74) is -0.547. The SMILES string of the molecule is CN(C(=O)c1cncc(Cl)n1)C1(C#N)CCCCC1. The number of halogens is 1. The molecule has 1 aromatic rings. The second kappa shape index (κ2) is 5.54. The second-order valence-corrected chi connectivity index (χ2v) is 5.18. The van der Waals surface area contributed by atoms with Crippen LogP contribution in [0, 0.1) is 11.3 Å². The molecule has 1 aliphatic rings. The summed E-state index contributed by atoms with van der Waals surface area (Å²) in [7, 11) is 1.65. The van der Waals surface area contributed by atoms with Crippen LogP contribution in [0.5, 0.6) is 0 Å². The third-order valence-electron chi connectivity index (χ3n) is 3.66. The van der Waals surface area contributed by atoms with Gasteiger partial charge in [-0.15, -0.1) is 0 Å². The number of aromatic nitrogens is 2. The number of nitriles is 1. The molecular weight excluding hydrogens is 264 g/mol. The number of nitrogens with zero attached hydrogens (tertiary/aromatic N) is 4. The van der Waals surface area contributed by atoms with Gasteiger partial charge in [-0.1, -0.05) is 30.9 Å². The molecule has 0 atom stereocenters. The number of carbonyl (C=O) groups excluding carboxylic acids is 1. The smallest absolute Gasteiger partial charge is 0.275 e. The first-order valence-corrected chi connectivity index (χ1v) is 6.64. The Morgan fingerprint density at radius 1 is 1.42 bits per heavy atom. The van der Waals surface area contributed by atoms with Gasteiger partial charge in [0.05, 0.1) is 18.5 Å². The first-order valence-electron chi connectivity index (χ1n) is 6.26. The molecule has 1 aliphatic carbocycles. The summed E-state index contributed by atoms with van der Waals surface area (Å²) in [4.78, 5) is 21.7. The Bertz CT molecular complexity index is 520. The lowest BCUT2D eigenvalue weighted by atomic mass is 9.81. The molecular formula is C13H15ClN4O. The van der Waals surface area contributed by atoms with E-state index in [1.54, 1.807) is 7.05 Å². The molecule has 0 aliphatic heterocycles. The summed E-state index contributed by atoms with van der Waals surface area (Å²) in [6.07, 6.45) is 7.21. The molecule has 0 N–H and O–H groups in total. The Morgan fingerprint density at radius 2 is 2.11 bits per heavy atom. The van der Waals surface area contributed by atoms with Gasteiger partial charge in [0.1, 0.15) is 16.4 Å². The van der Waals surface area contributed by atoms with E-state index in [4.69, 9.17) is 11.6 Å². The summed E-state index contributed by atoms with van der Waals surface area (Å²) in [6.45, 7) is 0. The highest BCUT2D eigenvalue weighted by Gasteiger charge is 2.39. The van der Waals surface area contributed by atoms with E-state index in [0.29, 0.717) is 12.8 Å². The molecule has 0 spiro atoms. The minimum atomic E-state index is -0.723. The Labute approximate surface area is 117 Å². The summed E-state index contributed by atoms with van der Waals surface area (Å²) in [5.74, 6) is -0.307. The first-order chi connectivity index (χ1) is 9.09. The summed E-state index contributed by atoms with van der Waals surface area (Å²) in [6, 6.07) is 2.31. The zero-order valence-corrected chi connectivity index (χ0v) is 11.5. The van der Waals surface area contributed by atoms with Crippen LogP contribution in [0.1, 0.15) is 42.6 Å². The van der Waals surface area contributed by atoms with Crippen LogP contribution in [0.4, 0.5) is 0 Å². The van der Waals surface area contributed by atoms with Crippen molar-refractivity contribution in [2.75, 3.05) is 7.05 Å². The standard InChI is InChI=1S/C13H15ClN4O/c1-18(13(9-15)5-3-2-4-6-13)12(19)10-7-16-8-11(14)17-10/h7-8H,2-6H2,1H3. The van der Waals surface area contributed by atoms with Crippen molar-refractivity contribution in [3.8, 4) is 6.07 Å². The molecule has 0 bridgehead atoms. The van der Waals surface area contributed by atoms with Crippen LogP contribution in [-0.4, -0.2) is 33.4 Å². The van der Waals surface area contributed by atoms with Crippen molar-refractivity contribution in [3.63, 3.8) is 0 Å². The molecule has 1 saturated carbocycles. The minimum absolute atomic E-state index is 0.175. The normalized spacial score (nSPS) is 17.5. The van der Waals surface area contributed by atoms with Crippen molar-refractivity contribution in [1.29, 1.82) is 5.26 Å². The predicted molar refractivity (Wildman–Crippen MR) is 70.6 cm³/mol. The number of hydrogen-bond acceptors (Lipinski definition) is 4. The molecule has 5 nitrogen and oxygen atoms in total. The van der Waals surface area contributed by atoms with Gasteiger partial charge in [-0.25, -0.2) is 4.98 Å². The fourth-order valence-corrected chi connectivity index (χ4v) is 2.62. The highest BCUT2D eigenvalue weighted by molar-refractivity contribution is 6.29. The molecule has 6 heteroatoms. The van der Waals surface area contributed by atoms with E-state index in [2.05, 4.69) is 16.0 Å². The Morgan fingerprint density at radius 3 is 2.68 bits per heavy atom. The van der Waals surface area contributed by atoms with Crippen LogP contribution >= 0.6 is 11.6 Å². The lowest BCUT2D eigenvalue weighted by Gasteiger charge is -2.38. The van der Waals surface area contributed by atoms with Crippen molar-refractivity contribution in [3.05, 3.63) is 23.2 Å². The van der Waals surface area contributed by atoms with Crippen molar-refractivity contribution >= 4 is 17.5 Å². The van der Waals surface area contributed by atoms with Crippen molar-refractivity contribution < 1.29 is 4.79 Å². The van der Waals surface area contributed by atoms with Gasteiger partial charge in [0.25, 0.3) is 5.91 Å². The van der Waals surface area contributed by atoms with Crippen LogP contribution in [0.3, 0.4) is 0 Å². The maximum absolute atomic E-state index is 12.4. The molecule has 1 amide bonds. The van der Waals surface area contributed by atoms with E-state index >= 15 is 0 Å². The number of rotatable bonds is 2. The van der Waals surface area contributed by atoms with Gasteiger partial charge in [0.2, 0.25) is 0 Å². The third-order valence-corrected chi connectivity index (χ3v) is 3.84. The first kappa shape index (κ1) is 13.8.